The number of aryl methyl sites for hydroxylation is 1. The number of fused-ring (bicyclic) bond motifs is 3. The van der Waals surface area contributed by atoms with Gasteiger partial charge in [-0.05, 0) is 29.8 Å². The van der Waals surface area contributed by atoms with Crippen LogP contribution in [0.4, 0.5) is 0 Å². The van der Waals surface area contributed by atoms with Crippen molar-refractivity contribution in [3.8, 4) is 5.75 Å². The zero-order valence-corrected chi connectivity index (χ0v) is 14.5. The Morgan fingerprint density at radius 3 is 2.82 bits per heavy atom. The minimum Gasteiger partial charge on any atom is -0.378 e. The Morgan fingerprint density at radius 1 is 1.18 bits per heavy atom. The number of rotatable bonds is 3. The topological polar surface area (TPSA) is 56.3 Å². The van der Waals surface area contributed by atoms with Crippen LogP contribution in [0.2, 0.25) is 0 Å². The van der Waals surface area contributed by atoms with Crippen molar-refractivity contribution in [2.45, 2.75) is 11.1 Å². The molecule has 0 saturated carbocycles. The van der Waals surface area contributed by atoms with Gasteiger partial charge in [0, 0.05) is 11.5 Å². The minimum atomic E-state index is -3.79. The molecule has 0 amide bonds. The number of hydrogen-bond donors (Lipinski definition) is 0. The molecule has 0 bridgehead atoms. The molecule has 4 aromatic rings. The van der Waals surface area contributed by atoms with Crippen molar-refractivity contribution >= 4 is 64.4 Å². The van der Waals surface area contributed by atoms with Gasteiger partial charge in [-0.2, -0.15) is 8.42 Å². The van der Waals surface area contributed by atoms with E-state index in [1.807, 2.05) is 18.4 Å². The van der Waals surface area contributed by atoms with Crippen molar-refractivity contribution in [3.05, 3.63) is 40.0 Å². The highest BCUT2D eigenvalue weighted by Gasteiger charge is 2.21. The van der Waals surface area contributed by atoms with Crippen LogP contribution < -0.4 is 4.18 Å². The van der Waals surface area contributed by atoms with Crippen molar-refractivity contribution in [3.63, 3.8) is 0 Å². The van der Waals surface area contributed by atoms with Gasteiger partial charge < -0.3 is 4.18 Å². The maximum absolute atomic E-state index is 12.3. The molecule has 0 radical (unpaired) electrons. The van der Waals surface area contributed by atoms with Crippen molar-refractivity contribution in [2.24, 2.45) is 0 Å². The average Bonchev–Trinajstić information content (AvgIpc) is 3.17. The van der Waals surface area contributed by atoms with E-state index in [2.05, 4.69) is 4.98 Å². The molecule has 4 nitrogen and oxygen atoms in total. The third kappa shape index (κ3) is 2.23. The molecule has 0 saturated heterocycles. The first kappa shape index (κ1) is 14.1. The van der Waals surface area contributed by atoms with Crippen LogP contribution in [0.25, 0.3) is 20.3 Å². The van der Waals surface area contributed by atoms with Crippen molar-refractivity contribution in [1.29, 1.82) is 0 Å². The predicted molar refractivity (Wildman–Crippen MR) is 91.9 cm³/mol. The minimum absolute atomic E-state index is 0.205. The summed E-state index contributed by atoms with van der Waals surface area (Å²) in [4.78, 5) is 4.53. The van der Waals surface area contributed by atoms with Gasteiger partial charge in [0.05, 0.1) is 19.9 Å². The van der Waals surface area contributed by atoms with Gasteiger partial charge in [-0.3, -0.25) is 0 Å². The summed E-state index contributed by atoms with van der Waals surface area (Å²) in [5, 5.41) is 5.36. The molecule has 8 heteroatoms. The molecule has 3 heterocycles. The number of hydrogen-bond acceptors (Lipinski definition) is 7. The molecule has 0 N–H and O–H groups in total. The molecule has 0 aliphatic heterocycles. The van der Waals surface area contributed by atoms with Crippen molar-refractivity contribution in [2.75, 3.05) is 0 Å². The smallest absolute Gasteiger partial charge is 0.348 e. The van der Waals surface area contributed by atoms with E-state index >= 15 is 0 Å². The third-order valence-corrected chi connectivity index (χ3v) is 7.54. The Hall–Kier alpha value is -1.48. The molecule has 0 aliphatic rings. The summed E-state index contributed by atoms with van der Waals surface area (Å²) < 4.78 is 32.2. The van der Waals surface area contributed by atoms with Gasteiger partial charge in [-0.1, -0.05) is 6.07 Å². The molecule has 112 valence electrons. The van der Waals surface area contributed by atoms with Crippen LogP contribution >= 0.6 is 34.0 Å². The molecule has 4 rings (SSSR count). The third-order valence-electron chi connectivity index (χ3n) is 3.11. The number of benzene rings is 1. The Labute approximate surface area is 138 Å². The van der Waals surface area contributed by atoms with Crippen molar-refractivity contribution < 1.29 is 12.6 Å². The fraction of sp³-hybridized carbons (Fsp3) is 0.0714. The quantitative estimate of drug-likeness (QED) is 0.495. The summed E-state index contributed by atoms with van der Waals surface area (Å²) in [6.07, 6.45) is 0. The van der Waals surface area contributed by atoms with Crippen molar-refractivity contribution in [1.82, 2.24) is 4.98 Å². The highest BCUT2D eigenvalue weighted by Crippen LogP contribution is 2.40. The molecular weight excluding hydrogens is 358 g/mol. The summed E-state index contributed by atoms with van der Waals surface area (Å²) in [6.45, 7) is 1.94. The van der Waals surface area contributed by atoms with Crippen LogP contribution in [-0.4, -0.2) is 13.4 Å². The van der Waals surface area contributed by atoms with Crippen LogP contribution in [-0.2, 0) is 10.1 Å². The lowest BCUT2D eigenvalue weighted by Gasteiger charge is -2.06. The van der Waals surface area contributed by atoms with Crippen LogP contribution in [0.3, 0.4) is 0 Å². The maximum Gasteiger partial charge on any atom is 0.348 e. The highest BCUT2D eigenvalue weighted by atomic mass is 32.3. The van der Waals surface area contributed by atoms with Gasteiger partial charge in [0.15, 0.2) is 9.96 Å². The van der Waals surface area contributed by atoms with Gasteiger partial charge in [0.2, 0.25) is 0 Å². The van der Waals surface area contributed by atoms with E-state index in [4.69, 9.17) is 4.18 Å². The molecular formula is C14H9NO3S4. The zero-order chi connectivity index (χ0) is 15.3. The second-order valence-electron chi connectivity index (χ2n) is 4.59. The molecule has 1 aromatic carbocycles. The maximum atomic E-state index is 12.3. The van der Waals surface area contributed by atoms with Crippen LogP contribution in [0, 0.1) is 6.92 Å². The standard InChI is InChI=1S/C14H9NO3S4/c1-8-15-13-11(21-8)7-10(9-4-6-20-14(9)13)18-22(16,17)12-3-2-5-19-12/h2-7H,1H3. The molecule has 0 atom stereocenters. The Kier molecular flexibility index (Phi) is 3.23. The van der Waals surface area contributed by atoms with Gasteiger partial charge in [-0.25, -0.2) is 4.98 Å². The Morgan fingerprint density at radius 2 is 2.05 bits per heavy atom. The second-order valence-corrected chi connectivity index (χ2v) is 9.46. The summed E-state index contributed by atoms with van der Waals surface area (Å²) >= 11 is 4.22. The fourth-order valence-electron chi connectivity index (χ4n) is 2.22. The SMILES string of the molecule is Cc1nc2c(cc(OS(=O)(=O)c3cccs3)c3ccsc32)s1. The van der Waals surface area contributed by atoms with E-state index in [1.54, 1.807) is 23.6 Å². The van der Waals surface area contributed by atoms with E-state index < -0.39 is 10.1 Å². The predicted octanol–water partition coefficient (Wildman–Crippen LogP) is 4.65. The van der Waals surface area contributed by atoms with Gasteiger partial charge in [0.25, 0.3) is 0 Å². The van der Waals surface area contributed by atoms with E-state index in [9.17, 15) is 8.42 Å². The average molecular weight is 367 g/mol. The van der Waals surface area contributed by atoms with E-state index in [0.717, 1.165) is 36.6 Å². The van der Waals surface area contributed by atoms with Gasteiger partial charge >= 0.3 is 10.1 Å². The number of nitrogens with zero attached hydrogens (tertiary/aromatic N) is 1. The van der Waals surface area contributed by atoms with E-state index in [0.29, 0.717) is 5.75 Å². The summed E-state index contributed by atoms with van der Waals surface area (Å²) in [7, 11) is -3.79. The van der Waals surface area contributed by atoms with Crippen LogP contribution in [0.15, 0.2) is 39.2 Å². The monoisotopic (exact) mass is 367 g/mol. The largest absolute Gasteiger partial charge is 0.378 e. The second kappa shape index (κ2) is 5.02. The molecule has 0 spiro atoms. The number of thiophene rings is 2. The summed E-state index contributed by atoms with van der Waals surface area (Å²) in [6, 6.07) is 6.87. The molecule has 0 aliphatic carbocycles. The molecule has 0 unspecified atom stereocenters. The lowest BCUT2D eigenvalue weighted by atomic mass is 10.2. The van der Waals surface area contributed by atoms with Gasteiger partial charge in [0.1, 0.15) is 0 Å². The summed E-state index contributed by atoms with van der Waals surface area (Å²) in [5.74, 6) is 0.362. The fourth-order valence-corrected chi connectivity index (χ4v) is 5.94. The lowest BCUT2D eigenvalue weighted by molar-refractivity contribution is 0.491. The molecule has 22 heavy (non-hydrogen) atoms. The lowest BCUT2D eigenvalue weighted by Crippen LogP contribution is -2.08. The Balaban J connectivity index is 1.92. The highest BCUT2D eigenvalue weighted by molar-refractivity contribution is 7.89. The molecule has 3 aromatic heterocycles. The first-order chi connectivity index (χ1) is 10.5. The zero-order valence-electron chi connectivity index (χ0n) is 11.3. The Bertz CT molecular complexity index is 1070. The van der Waals surface area contributed by atoms with E-state index in [1.165, 1.54) is 22.7 Å². The number of thiazole rings is 1. The summed E-state index contributed by atoms with van der Waals surface area (Å²) in [5.41, 5.74) is 0.911. The number of aromatic nitrogens is 1. The normalized spacial score (nSPS) is 12.2. The van der Waals surface area contributed by atoms with Crippen LogP contribution in [0.5, 0.6) is 5.75 Å². The van der Waals surface area contributed by atoms with Gasteiger partial charge in [-0.15, -0.1) is 34.0 Å². The first-order valence-corrected chi connectivity index (χ1v) is 10.3. The molecule has 0 fully saturated rings. The van der Waals surface area contributed by atoms with E-state index in [-0.39, 0.29) is 4.21 Å². The van der Waals surface area contributed by atoms with Crippen LogP contribution in [0.1, 0.15) is 5.01 Å². The first-order valence-electron chi connectivity index (χ1n) is 6.30.